The van der Waals surface area contributed by atoms with Crippen LogP contribution >= 0.6 is 12.2 Å². The van der Waals surface area contributed by atoms with Gasteiger partial charge < -0.3 is 24.8 Å². The van der Waals surface area contributed by atoms with Crippen LogP contribution in [0, 0.1) is 6.92 Å². The normalized spacial score (nSPS) is 16.6. The first-order valence-electron chi connectivity index (χ1n) is 9.95. The number of anilines is 1. The summed E-state index contributed by atoms with van der Waals surface area (Å²) in [7, 11) is 1.64. The molecule has 0 aromatic heterocycles. The topological polar surface area (TPSA) is 68.8 Å². The molecule has 3 rings (SSSR count). The molecule has 0 fully saturated rings. The standard InChI is InChI=1S/C23H28N2O4S/c1-6-28-21(26)16-8-7-9-18(14(16)2)24-22(30)25-19-13-23(3,4)29-20-11-10-15(27-5)12-17(19)20/h7-12,19H,6,13H2,1-5H3,(H2,24,25,30). The van der Waals surface area contributed by atoms with Crippen molar-refractivity contribution in [3.63, 3.8) is 0 Å². The van der Waals surface area contributed by atoms with Crippen molar-refractivity contribution in [1.29, 1.82) is 0 Å². The highest BCUT2D eigenvalue weighted by molar-refractivity contribution is 7.80. The number of methoxy groups -OCH3 is 1. The number of rotatable bonds is 5. The Balaban J connectivity index is 1.80. The van der Waals surface area contributed by atoms with Gasteiger partial charge in [0.1, 0.15) is 17.1 Å². The average molecular weight is 429 g/mol. The number of carbonyl (C=O) groups excluding carboxylic acids is 1. The molecule has 0 saturated heterocycles. The first-order valence-corrected chi connectivity index (χ1v) is 10.4. The van der Waals surface area contributed by atoms with Crippen LogP contribution in [0.4, 0.5) is 5.69 Å². The van der Waals surface area contributed by atoms with Crippen LogP contribution in [0.2, 0.25) is 0 Å². The van der Waals surface area contributed by atoms with Gasteiger partial charge >= 0.3 is 5.97 Å². The third-order valence-corrected chi connectivity index (χ3v) is 5.28. The second kappa shape index (κ2) is 8.92. The number of thiocarbonyl (C=S) groups is 1. The minimum Gasteiger partial charge on any atom is -0.497 e. The molecule has 0 radical (unpaired) electrons. The van der Waals surface area contributed by atoms with E-state index in [1.807, 2.05) is 37.3 Å². The second-order valence-corrected chi connectivity index (χ2v) is 8.23. The van der Waals surface area contributed by atoms with Gasteiger partial charge in [-0.1, -0.05) is 6.07 Å². The predicted molar refractivity (Wildman–Crippen MR) is 122 cm³/mol. The van der Waals surface area contributed by atoms with E-state index in [-0.39, 0.29) is 17.6 Å². The molecule has 1 atom stereocenters. The maximum absolute atomic E-state index is 12.2. The van der Waals surface area contributed by atoms with Crippen LogP contribution in [0.25, 0.3) is 0 Å². The number of carbonyl (C=O) groups is 1. The molecule has 6 nitrogen and oxygen atoms in total. The molecule has 0 bridgehead atoms. The summed E-state index contributed by atoms with van der Waals surface area (Å²) in [4.78, 5) is 12.2. The Bertz CT molecular complexity index is 958. The molecule has 2 aromatic carbocycles. The van der Waals surface area contributed by atoms with Gasteiger partial charge in [-0.05, 0) is 75.8 Å². The molecule has 1 aliphatic heterocycles. The van der Waals surface area contributed by atoms with E-state index in [2.05, 4.69) is 24.5 Å². The summed E-state index contributed by atoms with van der Waals surface area (Å²) in [5.41, 5.74) is 2.72. The van der Waals surface area contributed by atoms with Gasteiger partial charge in [0.25, 0.3) is 0 Å². The monoisotopic (exact) mass is 428 g/mol. The van der Waals surface area contributed by atoms with Crippen LogP contribution in [0.1, 0.15) is 54.7 Å². The lowest BCUT2D eigenvalue weighted by molar-refractivity contribution is 0.0525. The van der Waals surface area contributed by atoms with Crippen LogP contribution in [0.3, 0.4) is 0 Å². The van der Waals surface area contributed by atoms with Crippen molar-refractivity contribution in [2.24, 2.45) is 0 Å². The minimum absolute atomic E-state index is 0.0487. The zero-order valence-electron chi connectivity index (χ0n) is 18.0. The Kier molecular flexibility index (Phi) is 6.51. The van der Waals surface area contributed by atoms with Crippen molar-refractivity contribution in [1.82, 2.24) is 5.32 Å². The highest BCUT2D eigenvalue weighted by atomic mass is 32.1. The van der Waals surface area contributed by atoms with E-state index in [1.165, 1.54) is 0 Å². The van der Waals surface area contributed by atoms with Crippen LogP contribution in [0.15, 0.2) is 36.4 Å². The van der Waals surface area contributed by atoms with Crippen molar-refractivity contribution in [3.05, 3.63) is 53.1 Å². The van der Waals surface area contributed by atoms with E-state index in [4.69, 9.17) is 26.4 Å². The van der Waals surface area contributed by atoms with Gasteiger partial charge in [0.15, 0.2) is 5.11 Å². The summed E-state index contributed by atoms with van der Waals surface area (Å²) in [6, 6.07) is 11.2. The van der Waals surface area contributed by atoms with Gasteiger partial charge in [-0.25, -0.2) is 4.79 Å². The molecule has 0 amide bonds. The lowest BCUT2D eigenvalue weighted by Crippen LogP contribution is -2.42. The molecule has 1 aliphatic rings. The third-order valence-electron chi connectivity index (χ3n) is 5.06. The summed E-state index contributed by atoms with van der Waals surface area (Å²) in [5, 5.41) is 7.09. The fourth-order valence-electron chi connectivity index (χ4n) is 3.61. The Morgan fingerprint density at radius 1 is 1.30 bits per heavy atom. The van der Waals surface area contributed by atoms with Crippen molar-refractivity contribution in [2.45, 2.75) is 45.8 Å². The maximum Gasteiger partial charge on any atom is 0.338 e. The molecule has 0 spiro atoms. The number of fused-ring (bicyclic) bond motifs is 1. The Hall–Kier alpha value is -2.80. The molecule has 30 heavy (non-hydrogen) atoms. The molecule has 2 N–H and O–H groups in total. The highest BCUT2D eigenvalue weighted by Gasteiger charge is 2.34. The minimum atomic E-state index is -0.343. The van der Waals surface area contributed by atoms with Crippen LogP contribution < -0.4 is 20.1 Å². The first kappa shape index (κ1) is 21.9. The second-order valence-electron chi connectivity index (χ2n) is 7.82. The third kappa shape index (κ3) is 4.84. The first-order chi connectivity index (χ1) is 14.2. The number of hydrogen-bond acceptors (Lipinski definition) is 5. The van der Waals surface area contributed by atoms with Gasteiger partial charge in [-0.3, -0.25) is 0 Å². The zero-order valence-corrected chi connectivity index (χ0v) is 18.8. The lowest BCUT2D eigenvalue weighted by Gasteiger charge is -2.38. The van der Waals surface area contributed by atoms with Crippen molar-refractivity contribution in [2.75, 3.05) is 19.0 Å². The Morgan fingerprint density at radius 3 is 2.77 bits per heavy atom. The summed E-state index contributed by atoms with van der Waals surface area (Å²) in [5.74, 6) is 1.23. The van der Waals surface area contributed by atoms with E-state index in [0.717, 1.165) is 34.7 Å². The van der Waals surface area contributed by atoms with E-state index in [1.54, 1.807) is 20.1 Å². The summed E-state index contributed by atoms with van der Waals surface area (Å²) >= 11 is 5.59. The van der Waals surface area contributed by atoms with Gasteiger partial charge in [0.2, 0.25) is 0 Å². The van der Waals surface area contributed by atoms with Crippen LogP contribution in [-0.2, 0) is 4.74 Å². The van der Waals surface area contributed by atoms with Gasteiger partial charge in [-0.15, -0.1) is 0 Å². The fraction of sp³-hybridized carbons (Fsp3) is 0.391. The average Bonchev–Trinajstić information content (AvgIpc) is 2.68. The summed E-state index contributed by atoms with van der Waals surface area (Å²) in [6.45, 7) is 8.10. The van der Waals surface area contributed by atoms with E-state index in [0.29, 0.717) is 17.3 Å². The van der Waals surface area contributed by atoms with E-state index < -0.39 is 0 Å². The lowest BCUT2D eigenvalue weighted by atomic mass is 9.89. The Morgan fingerprint density at radius 2 is 2.07 bits per heavy atom. The molecule has 0 saturated carbocycles. The van der Waals surface area contributed by atoms with Gasteiger partial charge in [0.05, 0.1) is 25.3 Å². The van der Waals surface area contributed by atoms with Crippen LogP contribution in [-0.4, -0.2) is 30.4 Å². The SMILES string of the molecule is CCOC(=O)c1cccc(NC(=S)NC2CC(C)(C)Oc3ccc(OC)cc32)c1C. The largest absolute Gasteiger partial charge is 0.497 e. The maximum atomic E-state index is 12.2. The summed E-state index contributed by atoms with van der Waals surface area (Å²) < 4.78 is 16.6. The molecular weight excluding hydrogens is 400 g/mol. The molecule has 160 valence electrons. The summed E-state index contributed by atoms with van der Waals surface area (Å²) in [6.07, 6.45) is 0.733. The molecule has 7 heteroatoms. The Labute approximate surface area is 182 Å². The van der Waals surface area contributed by atoms with Crippen molar-refractivity contribution >= 4 is 29.0 Å². The molecule has 2 aromatic rings. The number of ether oxygens (including phenoxy) is 3. The van der Waals surface area contributed by atoms with E-state index >= 15 is 0 Å². The zero-order chi connectivity index (χ0) is 21.9. The number of nitrogens with one attached hydrogen (secondary N) is 2. The molecule has 1 heterocycles. The number of hydrogen-bond donors (Lipinski definition) is 2. The molecule has 0 aliphatic carbocycles. The quantitative estimate of drug-likeness (QED) is 0.525. The van der Waals surface area contributed by atoms with Crippen molar-refractivity contribution < 1.29 is 19.0 Å². The van der Waals surface area contributed by atoms with Crippen molar-refractivity contribution in [3.8, 4) is 11.5 Å². The number of esters is 1. The molecular formula is C23H28N2O4S. The number of benzene rings is 2. The van der Waals surface area contributed by atoms with E-state index in [9.17, 15) is 4.79 Å². The fourth-order valence-corrected chi connectivity index (χ4v) is 3.86. The molecule has 1 unspecified atom stereocenters. The smallest absolute Gasteiger partial charge is 0.338 e. The van der Waals surface area contributed by atoms with Crippen LogP contribution in [0.5, 0.6) is 11.5 Å². The van der Waals surface area contributed by atoms with Gasteiger partial charge in [-0.2, -0.15) is 0 Å². The highest BCUT2D eigenvalue weighted by Crippen LogP contribution is 2.41. The van der Waals surface area contributed by atoms with Gasteiger partial charge in [0, 0.05) is 17.7 Å². The predicted octanol–water partition coefficient (Wildman–Crippen LogP) is 4.77.